The number of aliphatic imine (C=N–C) groups is 1. The summed E-state index contributed by atoms with van der Waals surface area (Å²) in [5, 5.41) is 7.79. The summed E-state index contributed by atoms with van der Waals surface area (Å²) in [4.78, 5) is 13.5. The molecular formula is C7H13NO2. The summed E-state index contributed by atoms with van der Waals surface area (Å²) in [6, 6.07) is 0. The average Bonchev–Trinajstić information content (AvgIpc) is 2.43. The highest BCUT2D eigenvalue weighted by Gasteiger charge is 1.85. The van der Waals surface area contributed by atoms with Gasteiger partial charge in [0, 0.05) is 6.54 Å². The van der Waals surface area contributed by atoms with Crippen LogP contribution in [-0.2, 0) is 4.79 Å². The van der Waals surface area contributed by atoms with E-state index in [-0.39, 0.29) is 12.4 Å². The standard InChI is InChI=1S/C4H7N.C3H6O2/c1-2-4-5-3-1;1-3(5)2-4/h3H,1-2,4H2;4H,2H2,1H3. The third kappa shape index (κ3) is 7.30. The van der Waals surface area contributed by atoms with Gasteiger partial charge in [0.25, 0.3) is 0 Å². The smallest absolute Gasteiger partial charge is 0.155 e. The van der Waals surface area contributed by atoms with E-state index in [1.54, 1.807) is 0 Å². The van der Waals surface area contributed by atoms with Crippen molar-refractivity contribution in [1.82, 2.24) is 0 Å². The molecule has 0 saturated carbocycles. The summed E-state index contributed by atoms with van der Waals surface area (Å²) < 4.78 is 0. The van der Waals surface area contributed by atoms with Crippen LogP contribution in [0.4, 0.5) is 0 Å². The molecule has 1 N–H and O–H groups in total. The van der Waals surface area contributed by atoms with Crippen LogP contribution in [0.1, 0.15) is 19.8 Å². The molecule has 1 aliphatic heterocycles. The second kappa shape index (κ2) is 6.42. The van der Waals surface area contributed by atoms with Gasteiger partial charge in [-0.1, -0.05) is 0 Å². The highest BCUT2D eigenvalue weighted by Crippen LogP contribution is 1.92. The molecule has 0 bridgehead atoms. The van der Waals surface area contributed by atoms with Gasteiger partial charge in [-0.15, -0.1) is 0 Å². The summed E-state index contributed by atoms with van der Waals surface area (Å²) in [7, 11) is 0. The second-order valence-corrected chi connectivity index (χ2v) is 2.09. The Kier molecular flexibility index (Phi) is 5.97. The van der Waals surface area contributed by atoms with Crippen molar-refractivity contribution in [1.29, 1.82) is 0 Å². The second-order valence-electron chi connectivity index (χ2n) is 2.09. The largest absolute Gasteiger partial charge is 0.389 e. The van der Waals surface area contributed by atoms with Crippen molar-refractivity contribution in [2.75, 3.05) is 13.2 Å². The Morgan fingerprint density at radius 1 is 1.80 bits per heavy atom. The molecule has 0 atom stereocenters. The number of hydrogen-bond donors (Lipinski definition) is 1. The van der Waals surface area contributed by atoms with Gasteiger partial charge >= 0.3 is 0 Å². The number of Topliss-reactive ketones (excluding diaryl/α,β-unsaturated/α-hetero) is 1. The molecule has 0 fully saturated rings. The van der Waals surface area contributed by atoms with Gasteiger partial charge in [-0.05, 0) is 26.0 Å². The highest BCUT2D eigenvalue weighted by molar-refractivity contribution is 5.76. The van der Waals surface area contributed by atoms with E-state index < -0.39 is 0 Å². The fourth-order valence-corrected chi connectivity index (χ4v) is 0.456. The van der Waals surface area contributed by atoms with Crippen molar-refractivity contribution >= 4 is 12.0 Å². The molecule has 0 saturated heterocycles. The zero-order valence-corrected chi connectivity index (χ0v) is 6.21. The maximum absolute atomic E-state index is 9.56. The molecule has 0 aromatic heterocycles. The first kappa shape index (κ1) is 9.30. The number of hydrogen-bond acceptors (Lipinski definition) is 3. The lowest BCUT2D eigenvalue weighted by Gasteiger charge is -1.72. The zero-order chi connectivity index (χ0) is 7.82. The van der Waals surface area contributed by atoms with E-state index >= 15 is 0 Å². The van der Waals surface area contributed by atoms with Crippen LogP contribution in [0.15, 0.2) is 4.99 Å². The number of rotatable bonds is 1. The van der Waals surface area contributed by atoms with Crippen LogP contribution in [0.25, 0.3) is 0 Å². The number of aliphatic hydroxyl groups is 1. The van der Waals surface area contributed by atoms with Gasteiger partial charge in [-0.2, -0.15) is 0 Å². The topological polar surface area (TPSA) is 49.7 Å². The van der Waals surface area contributed by atoms with Crippen LogP contribution in [-0.4, -0.2) is 30.3 Å². The normalized spacial score (nSPS) is 14.2. The van der Waals surface area contributed by atoms with E-state index in [1.807, 2.05) is 6.21 Å². The van der Waals surface area contributed by atoms with E-state index in [1.165, 1.54) is 19.8 Å². The van der Waals surface area contributed by atoms with Crippen molar-refractivity contribution < 1.29 is 9.90 Å². The Labute approximate surface area is 60.8 Å². The maximum Gasteiger partial charge on any atom is 0.155 e. The van der Waals surface area contributed by atoms with E-state index in [9.17, 15) is 4.79 Å². The average molecular weight is 143 g/mol. The van der Waals surface area contributed by atoms with E-state index in [2.05, 4.69) is 4.99 Å². The Morgan fingerprint density at radius 3 is 2.50 bits per heavy atom. The molecule has 3 heteroatoms. The summed E-state index contributed by atoms with van der Waals surface area (Å²) in [6.45, 7) is 2.07. The van der Waals surface area contributed by atoms with Gasteiger partial charge < -0.3 is 5.11 Å². The molecule has 0 spiro atoms. The van der Waals surface area contributed by atoms with Crippen molar-refractivity contribution in [2.24, 2.45) is 4.99 Å². The molecule has 10 heavy (non-hydrogen) atoms. The lowest BCUT2D eigenvalue weighted by atomic mass is 10.4. The number of carbonyl (C=O) groups is 1. The fraction of sp³-hybridized carbons (Fsp3) is 0.714. The van der Waals surface area contributed by atoms with Crippen LogP contribution in [0.5, 0.6) is 0 Å². The molecule has 0 amide bonds. The predicted molar refractivity (Wildman–Crippen MR) is 40.4 cm³/mol. The Balaban J connectivity index is 0.000000162. The number of carbonyl (C=O) groups excluding carboxylic acids is 1. The van der Waals surface area contributed by atoms with Gasteiger partial charge in [-0.25, -0.2) is 0 Å². The van der Waals surface area contributed by atoms with Gasteiger partial charge in [0.2, 0.25) is 0 Å². The molecule has 1 heterocycles. The van der Waals surface area contributed by atoms with Gasteiger partial charge in [0.15, 0.2) is 5.78 Å². The lowest BCUT2D eigenvalue weighted by Crippen LogP contribution is -1.93. The van der Waals surface area contributed by atoms with Crippen molar-refractivity contribution in [3.63, 3.8) is 0 Å². The molecule has 0 unspecified atom stereocenters. The molecule has 0 aromatic carbocycles. The Bertz CT molecular complexity index is 115. The van der Waals surface area contributed by atoms with Crippen molar-refractivity contribution in [2.45, 2.75) is 19.8 Å². The number of aliphatic hydroxyl groups excluding tert-OH is 1. The summed E-state index contributed by atoms with van der Waals surface area (Å²) in [6.07, 6.45) is 4.47. The Morgan fingerprint density at radius 2 is 2.40 bits per heavy atom. The Hall–Kier alpha value is -0.700. The maximum atomic E-state index is 9.56. The SMILES string of the molecule is C1=NCCC1.CC(=O)CO. The molecule has 0 aliphatic carbocycles. The third-order valence-electron chi connectivity index (χ3n) is 0.972. The fourth-order valence-electron chi connectivity index (χ4n) is 0.456. The molecule has 0 aromatic rings. The zero-order valence-electron chi connectivity index (χ0n) is 6.21. The monoisotopic (exact) mass is 143 g/mol. The van der Waals surface area contributed by atoms with E-state index in [0.29, 0.717) is 0 Å². The highest BCUT2D eigenvalue weighted by atomic mass is 16.3. The number of ketones is 1. The summed E-state index contributed by atoms with van der Waals surface area (Å²) in [5.41, 5.74) is 0. The molecule has 58 valence electrons. The molecule has 0 radical (unpaired) electrons. The molecule has 3 nitrogen and oxygen atoms in total. The van der Waals surface area contributed by atoms with Crippen LogP contribution in [0.3, 0.4) is 0 Å². The van der Waals surface area contributed by atoms with Gasteiger partial charge in [0.1, 0.15) is 6.61 Å². The molecule has 1 aliphatic rings. The van der Waals surface area contributed by atoms with Gasteiger partial charge in [0.05, 0.1) is 0 Å². The van der Waals surface area contributed by atoms with Crippen molar-refractivity contribution in [3.05, 3.63) is 0 Å². The first-order valence-electron chi connectivity index (χ1n) is 3.36. The first-order valence-corrected chi connectivity index (χ1v) is 3.36. The minimum absolute atomic E-state index is 0.190. The van der Waals surface area contributed by atoms with Gasteiger partial charge in [-0.3, -0.25) is 9.79 Å². The lowest BCUT2D eigenvalue weighted by molar-refractivity contribution is -0.119. The van der Waals surface area contributed by atoms with Crippen LogP contribution in [0, 0.1) is 0 Å². The van der Waals surface area contributed by atoms with Crippen LogP contribution in [0.2, 0.25) is 0 Å². The number of nitrogens with zero attached hydrogens (tertiary/aromatic N) is 1. The minimum atomic E-state index is -0.333. The van der Waals surface area contributed by atoms with Crippen molar-refractivity contribution in [3.8, 4) is 0 Å². The predicted octanol–water partition coefficient (Wildman–Crippen LogP) is 0.419. The molecule has 1 rings (SSSR count). The molecular weight excluding hydrogens is 130 g/mol. The van der Waals surface area contributed by atoms with E-state index in [4.69, 9.17) is 5.11 Å². The summed E-state index contributed by atoms with van der Waals surface area (Å²) in [5.74, 6) is -0.190. The minimum Gasteiger partial charge on any atom is -0.389 e. The van der Waals surface area contributed by atoms with Crippen LogP contribution >= 0.6 is 0 Å². The summed E-state index contributed by atoms with van der Waals surface area (Å²) >= 11 is 0. The third-order valence-corrected chi connectivity index (χ3v) is 0.972. The van der Waals surface area contributed by atoms with Crippen LogP contribution < -0.4 is 0 Å². The van der Waals surface area contributed by atoms with E-state index in [0.717, 1.165) is 6.54 Å². The quantitative estimate of drug-likeness (QED) is 0.578. The first-order chi connectivity index (χ1) is 4.77.